The predicted octanol–water partition coefficient (Wildman–Crippen LogP) is 1.46. The summed E-state index contributed by atoms with van der Waals surface area (Å²) in [6.07, 6.45) is 1.39. The first kappa shape index (κ1) is 11.4. The third kappa shape index (κ3) is 2.21. The highest BCUT2D eigenvalue weighted by Crippen LogP contribution is 2.36. The van der Waals surface area contributed by atoms with Crippen molar-refractivity contribution >= 4 is 23.1 Å². The molecule has 0 unspecified atom stereocenters. The fourth-order valence-electron chi connectivity index (χ4n) is 1.29. The Morgan fingerprint density at radius 3 is 2.88 bits per heavy atom. The Morgan fingerprint density at radius 1 is 1.53 bits per heavy atom. The average Bonchev–Trinajstić information content (AvgIpc) is 2.64. The lowest BCUT2D eigenvalue weighted by molar-refractivity contribution is -0.386. The highest BCUT2D eigenvalue weighted by molar-refractivity contribution is 7.99. The second-order valence-electron chi connectivity index (χ2n) is 3.22. The maximum atomic E-state index is 10.9. The van der Waals surface area contributed by atoms with E-state index < -0.39 is 4.92 Å². The third-order valence-electron chi connectivity index (χ3n) is 2.08. The molecular weight excluding hydrogens is 242 g/mol. The van der Waals surface area contributed by atoms with E-state index in [1.807, 2.05) is 0 Å². The Labute approximate surface area is 101 Å². The Balaban J connectivity index is 2.43. The number of nitrogens with zero attached hydrogens (tertiary/aromatic N) is 4. The van der Waals surface area contributed by atoms with Gasteiger partial charge in [0.05, 0.1) is 9.82 Å². The van der Waals surface area contributed by atoms with Gasteiger partial charge in [0.1, 0.15) is 12.0 Å². The van der Waals surface area contributed by atoms with Gasteiger partial charge in [-0.15, -0.1) is 0 Å². The van der Waals surface area contributed by atoms with Crippen molar-refractivity contribution in [2.45, 2.75) is 10.1 Å². The van der Waals surface area contributed by atoms with Crippen LogP contribution in [-0.4, -0.2) is 19.7 Å². The topological polar surface area (TPSA) is 99.9 Å². The van der Waals surface area contributed by atoms with E-state index in [-0.39, 0.29) is 11.4 Å². The summed E-state index contributed by atoms with van der Waals surface area (Å²) >= 11 is 1.16. The van der Waals surface area contributed by atoms with Crippen molar-refractivity contribution in [3.8, 4) is 0 Å². The van der Waals surface area contributed by atoms with Crippen LogP contribution in [-0.2, 0) is 7.05 Å². The van der Waals surface area contributed by atoms with Crippen LogP contribution < -0.4 is 5.73 Å². The average molecular weight is 251 g/mol. The minimum atomic E-state index is -0.492. The van der Waals surface area contributed by atoms with E-state index in [1.54, 1.807) is 19.2 Å². The van der Waals surface area contributed by atoms with Crippen LogP contribution in [0.4, 0.5) is 11.4 Å². The number of aryl methyl sites for hydroxylation is 1. The molecule has 0 aliphatic heterocycles. The number of nitro groups is 1. The lowest BCUT2D eigenvalue weighted by Crippen LogP contribution is -1.98. The number of nitro benzene ring substituents is 1. The lowest BCUT2D eigenvalue weighted by Gasteiger charge is -2.03. The molecule has 0 saturated heterocycles. The van der Waals surface area contributed by atoms with E-state index in [2.05, 4.69) is 10.1 Å². The molecule has 1 aromatic heterocycles. The van der Waals surface area contributed by atoms with E-state index in [0.29, 0.717) is 10.1 Å². The molecule has 0 atom stereocenters. The zero-order chi connectivity index (χ0) is 12.4. The van der Waals surface area contributed by atoms with Crippen molar-refractivity contribution in [3.05, 3.63) is 34.6 Å². The molecule has 1 heterocycles. The fourth-order valence-corrected chi connectivity index (χ4v) is 2.20. The SMILES string of the molecule is Cn1ncnc1Sc1cccc(N)c1[N+](=O)[O-]. The minimum absolute atomic E-state index is 0.0968. The fraction of sp³-hybridized carbons (Fsp3) is 0.111. The Morgan fingerprint density at radius 2 is 2.29 bits per heavy atom. The van der Waals surface area contributed by atoms with Gasteiger partial charge in [-0.2, -0.15) is 5.10 Å². The third-order valence-corrected chi connectivity index (χ3v) is 3.19. The molecule has 0 spiro atoms. The highest BCUT2D eigenvalue weighted by Gasteiger charge is 2.19. The molecule has 17 heavy (non-hydrogen) atoms. The largest absolute Gasteiger partial charge is 0.393 e. The van der Waals surface area contributed by atoms with Crippen molar-refractivity contribution in [2.24, 2.45) is 7.05 Å². The summed E-state index contributed by atoms with van der Waals surface area (Å²) < 4.78 is 1.54. The smallest absolute Gasteiger partial charge is 0.306 e. The van der Waals surface area contributed by atoms with Gasteiger partial charge >= 0.3 is 5.69 Å². The Bertz CT molecular complexity index is 568. The zero-order valence-corrected chi connectivity index (χ0v) is 9.72. The van der Waals surface area contributed by atoms with Crippen molar-refractivity contribution in [2.75, 3.05) is 5.73 Å². The van der Waals surface area contributed by atoms with Crippen LogP contribution in [0.2, 0.25) is 0 Å². The molecule has 7 nitrogen and oxygen atoms in total. The molecule has 0 bridgehead atoms. The van der Waals surface area contributed by atoms with Gasteiger partial charge < -0.3 is 5.73 Å². The number of hydrogen-bond donors (Lipinski definition) is 1. The standard InChI is InChI=1S/C9H9N5O2S/c1-13-9(11-5-12-13)17-7-4-2-3-6(10)8(7)14(15)16/h2-5H,10H2,1H3. The molecule has 0 aliphatic carbocycles. The van der Waals surface area contributed by atoms with Crippen LogP contribution in [0.1, 0.15) is 0 Å². The monoisotopic (exact) mass is 251 g/mol. The van der Waals surface area contributed by atoms with Crippen LogP contribution in [0.15, 0.2) is 34.6 Å². The normalized spacial score (nSPS) is 10.4. The number of nitrogen functional groups attached to an aromatic ring is 1. The van der Waals surface area contributed by atoms with Gasteiger partial charge in [-0.3, -0.25) is 10.1 Å². The molecule has 2 N–H and O–H groups in total. The maximum Gasteiger partial charge on any atom is 0.306 e. The molecule has 0 saturated carbocycles. The van der Waals surface area contributed by atoms with Crippen LogP contribution in [0, 0.1) is 10.1 Å². The first-order chi connectivity index (χ1) is 8.09. The Kier molecular flexibility index (Phi) is 2.96. The number of para-hydroxylation sites is 1. The summed E-state index contributed by atoms with van der Waals surface area (Å²) in [5.74, 6) is 0. The molecule has 8 heteroatoms. The number of rotatable bonds is 3. The highest BCUT2D eigenvalue weighted by atomic mass is 32.2. The molecule has 0 fully saturated rings. The molecule has 0 aliphatic rings. The van der Waals surface area contributed by atoms with Crippen LogP contribution >= 0.6 is 11.8 Å². The van der Waals surface area contributed by atoms with Crippen LogP contribution in [0.5, 0.6) is 0 Å². The van der Waals surface area contributed by atoms with Crippen molar-refractivity contribution in [1.29, 1.82) is 0 Å². The molecular formula is C9H9N5O2S. The van der Waals surface area contributed by atoms with Crippen molar-refractivity contribution in [1.82, 2.24) is 14.8 Å². The van der Waals surface area contributed by atoms with E-state index in [0.717, 1.165) is 11.8 Å². The molecule has 0 amide bonds. The Hall–Kier alpha value is -2.09. The van der Waals surface area contributed by atoms with Gasteiger partial charge in [-0.1, -0.05) is 6.07 Å². The van der Waals surface area contributed by atoms with Crippen molar-refractivity contribution < 1.29 is 4.92 Å². The van der Waals surface area contributed by atoms with Gasteiger partial charge in [0.2, 0.25) is 0 Å². The summed E-state index contributed by atoms with van der Waals surface area (Å²) in [6.45, 7) is 0. The summed E-state index contributed by atoms with van der Waals surface area (Å²) in [4.78, 5) is 14.9. The zero-order valence-electron chi connectivity index (χ0n) is 8.90. The van der Waals surface area contributed by atoms with E-state index >= 15 is 0 Å². The van der Waals surface area contributed by atoms with Gasteiger partial charge in [0.15, 0.2) is 5.16 Å². The molecule has 2 aromatic rings. The number of nitrogens with two attached hydrogens (primary N) is 1. The van der Waals surface area contributed by atoms with E-state index in [9.17, 15) is 10.1 Å². The number of hydrogen-bond acceptors (Lipinski definition) is 6. The summed E-state index contributed by atoms with van der Waals surface area (Å²) in [5, 5.41) is 15.4. The molecule has 2 rings (SSSR count). The van der Waals surface area contributed by atoms with Gasteiger partial charge in [-0.05, 0) is 23.9 Å². The lowest BCUT2D eigenvalue weighted by atomic mass is 10.3. The van der Waals surface area contributed by atoms with Gasteiger partial charge in [0.25, 0.3) is 0 Å². The van der Waals surface area contributed by atoms with Gasteiger partial charge in [0, 0.05) is 7.05 Å². The molecule has 0 radical (unpaired) electrons. The minimum Gasteiger partial charge on any atom is -0.393 e. The predicted molar refractivity (Wildman–Crippen MR) is 62.6 cm³/mol. The summed E-state index contributed by atoms with van der Waals surface area (Å²) in [7, 11) is 1.72. The number of benzene rings is 1. The molecule has 1 aromatic carbocycles. The molecule has 88 valence electrons. The first-order valence-electron chi connectivity index (χ1n) is 4.64. The second kappa shape index (κ2) is 4.42. The summed E-state index contributed by atoms with van der Waals surface area (Å²) in [6, 6.07) is 4.80. The quantitative estimate of drug-likeness (QED) is 0.503. The van der Waals surface area contributed by atoms with E-state index in [4.69, 9.17) is 5.73 Å². The maximum absolute atomic E-state index is 10.9. The van der Waals surface area contributed by atoms with Crippen molar-refractivity contribution in [3.63, 3.8) is 0 Å². The first-order valence-corrected chi connectivity index (χ1v) is 5.46. The number of aromatic nitrogens is 3. The van der Waals surface area contributed by atoms with Gasteiger partial charge in [-0.25, -0.2) is 9.67 Å². The van der Waals surface area contributed by atoms with E-state index in [1.165, 1.54) is 17.1 Å². The van der Waals surface area contributed by atoms with Crippen LogP contribution in [0.3, 0.4) is 0 Å². The van der Waals surface area contributed by atoms with Crippen LogP contribution in [0.25, 0.3) is 0 Å². The summed E-state index contributed by atoms with van der Waals surface area (Å²) in [5.41, 5.74) is 5.64. The second-order valence-corrected chi connectivity index (χ2v) is 4.23. The number of anilines is 1.